The van der Waals surface area contributed by atoms with Crippen LogP contribution in [-0.2, 0) is 4.74 Å². The van der Waals surface area contributed by atoms with Gasteiger partial charge in [0, 0.05) is 30.7 Å². The van der Waals surface area contributed by atoms with Gasteiger partial charge in [-0.3, -0.25) is 4.90 Å². The van der Waals surface area contributed by atoms with E-state index in [9.17, 15) is 0 Å². The van der Waals surface area contributed by atoms with Crippen LogP contribution in [0.25, 0.3) is 0 Å². The van der Waals surface area contributed by atoms with Crippen LogP contribution in [0.1, 0.15) is 25.5 Å². The van der Waals surface area contributed by atoms with E-state index in [-0.39, 0.29) is 12.1 Å². The van der Waals surface area contributed by atoms with Crippen molar-refractivity contribution >= 4 is 0 Å². The molecule has 1 fully saturated rings. The Hall–Kier alpha value is -1.30. The zero-order chi connectivity index (χ0) is 15.4. The number of rotatable bonds is 5. The minimum Gasteiger partial charge on any atom is -0.497 e. The lowest BCUT2D eigenvalue weighted by atomic mass is 10.0. The Kier molecular flexibility index (Phi) is 5.45. The first kappa shape index (κ1) is 16.1. The minimum absolute atomic E-state index is 0.122. The number of hydrogen-bond acceptors (Lipinski definition) is 5. The van der Waals surface area contributed by atoms with Crippen molar-refractivity contribution in [1.82, 2.24) is 4.90 Å². The molecular formula is C16H26N2O3. The van der Waals surface area contributed by atoms with Gasteiger partial charge in [-0.15, -0.1) is 0 Å². The van der Waals surface area contributed by atoms with Crippen molar-refractivity contribution in [2.45, 2.75) is 32.0 Å². The molecule has 5 heteroatoms. The maximum absolute atomic E-state index is 6.42. The molecule has 5 nitrogen and oxygen atoms in total. The summed E-state index contributed by atoms with van der Waals surface area (Å²) in [5, 5.41) is 0. The number of nitrogens with two attached hydrogens (primary N) is 1. The monoisotopic (exact) mass is 294 g/mol. The zero-order valence-corrected chi connectivity index (χ0v) is 13.3. The Morgan fingerprint density at radius 3 is 2.76 bits per heavy atom. The van der Waals surface area contributed by atoms with Crippen LogP contribution in [0.2, 0.25) is 0 Å². The molecular weight excluding hydrogens is 268 g/mol. The predicted octanol–water partition coefficient (Wildman–Crippen LogP) is 1.81. The fourth-order valence-corrected chi connectivity index (χ4v) is 2.71. The Balaban J connectivity index is 2.13. The molecule has 0 bridgehead atoms. The van der Waals surface area contributed by atoms with Gasteiger partial charge in [0.2, 0.25) is 0 Å². The van der Waals surface area contributed by atoms with Gasteiger partial charge in [0.1, 0.15) is 11.5 Å². The van der Waals surface area contributed by atoms with Crippen molar-refractivity contribution in [2.75, 3.05) is 33.9 Å². The normalized spacial score (nSPS) is 24.6. The van der Waals surface area contributed by atoms with Gasteiger partial charge in [-0.1, -0.05) is 0 Å². The van der Waals surface area contributed by atoms with E-state index in [1.54, 1.807) is 14.2 Å². The van der Waals surface area contributed by atoms with E-state index in [0.717, 1.165) is 36.8 Å². The van der Waals surface area contributed by atoms with Crippen LogP contribution in [0.3, 0.4) is 0 Å². The van der Waals surface area contributed by atoms with Gasteiger partial charge in [0.25, 0.3) is 0 Å². The van der Waals surface area contributed by atoms with E-state index < -0.39 is 0 Å². The molecule has 21 heavy (non-hydrogen) atoms. The van der Waals surface area contributed by atoms with Gasteiger partial charge in [0.05, 0.1) is 26.9 Å². The Morgan fingerprint density at radius 2 is 2.10 bits per heavy atom. The van der Waals surface area contributed by atoms with Gasteiger partial charge in [0.15, 0.2) is 0 Å². The molecule has 0 saturated carbocycles. The topological polar surface area (TPSA) is 57.0 Å². The van der Waals surface area contributed by atoms with Crippen molar-refractivity contribution in [3.05, 3.63) is 23.8 Å². The zero-order valence-electron chi connectivity index (χ0n) is 13.3. The van der Waals surface area contributed by atoms with Crippen molar-refractivity contribution in [3.63, 3.8) is 0 Å². The van der Waals surface area contributed by atoms with Crippen LogP contribution in [0.15, 0.2) is 18.2 Å². The summed E-state index contributed by atoms with van der Waals surface area (Å²) in [7, 11) is 3.32. The molecule has 0 aromatic heterocycles. The fourth-order valence-electron chi connectivity index (χ4n) is 2.71. The molecule has 0 amide bonds. The molecule has 0 radical (unpaired) electrons. The van der Waals surface area contributed by atoms with E-state index >= 15 is 0 Å². The quantitative estimate of drug-likeness (QED) is 0.897. The van der Waals surface area contributed by atoms with Crippen LogP contribution < -0.4 is 15.2 Å². The molecule has 1 aromatic carbocycles. The lowest BCUT2D eigenvalue weighted by Crippen LogP contribution is -2.49. The maximum Gasteiger partial charge on any atom is 0.123 e. The smallest absolute Gasteiger partial charge is 0.123 e. The van der Waals surface area contributed by atoms with Crippen molar-refractivity contribution < 1.29 is 14.2 Å². The largest absolute Gasteiger partial charge is 0.497 e. The standard InChI is InChI=1S/C16H26N2O3/c1-11-10-21-12(2)8-18(11)9-15(17)14-7-13(19-3)5-6-16(14)20-4/h5-7,11-12,15H,8-10,17H2,1-4H3. The number of morpholine rings is 1. The van der Waals surface area contributed by atoms with Gasteiger partial charge in [-0.05, 0) is 32.0 Å². The summed E-state index contributed by atoms with van der Waals surface area (Å²) in [5.41, 5.74) is 7.39. The number of ether oxygens (including phenoxy) is 3. The summed E-state index contributed by atoms with van der Waals surface area (Å²) in [6.07, 6.45) is 0.251. The third kappa shape index (κ3) is 3.87. The second-order valence-corrected chi connectivity index (χ2v) is 5.66. The number of benzene rings is 1. The average Bonchev–Trinajstić information content (AvgIpc) is 2.50. The summed E-state index contributed by atoms with van der Waals surface area (Å²) < 4.78 is 16.4. The highest BCUT2D eigenvalue weighted by Gasteiger charge is 2.26. The van der Waals surface area contributed by atoms with Crippen LogP contribution >= 0.6 is 0 Å². The molecule has 3 unspecified atom stereocenters. The van der Waals surface area contributed by atoms with Gasteiger partial charge >= 0.3 is 0 Å². The summed E-state index contributed by atoms with van der Waals surface area (Å²) in [6.45, 7) is 6.70. The highest BCUT2D eigenvalue weighted by Crippen LogP contribution is 2.29. The minimum atomic E-state index is -0.122. The third-order valence-electron chi connectivity index (χ3n) is 4.00. The molecule has 1 aliphatic heterocycles. The molecule has 118 valence electrons. The number of hydrogen-bond donors (Lipinski definition) is 1. The van der Waals surface area contributed by atoms with Crippen LogP contribution in [0.5, 0.6) is 11.5 Å². The SMILES string of the molecule is COc1ccc(OC)c(C(N)CN2CC(C)OCC2C)c1. The van der Waals surface area contributed by atoms with Gasteiger partial charge in [-0.2, -0.15) is 0 Å². The van der Waals surface area contributed by atoms with Crippen LogP contribution in [0.4, 0.5) is 0 Å². The lowest BCUT2D eigenvalue weighted by Gasteiger charge is -2.38. The second-order valence-electron chi connectivity index (χ2n) is 5.66. The molecule has 1 saturated heterocycles. The molecule has 2 rings (SSSR count). The van der Waals surface area contributed by atoms with E-state index in [1.807, 2.05) is 18.2 Å². The first-order valence-corrected chi connectivity index (χ1v) is 7.38. The van der Waals surface area contributed by atoms with Crippen LogP contribution in [0, 0.1) is 0 Å². The molecule has 0 aliphatic carbocycles. The van der Waals surface area contributed by atoms with Crippen molar-refractivity contribution in [3.8, 4) is 11.5 Å². The summed E-state index contributed by atoms with van der Waals surface area (Å²) in [5.74, 6) is 1.60. The van der Waals surface area contributed by atoms with E-state index in [2.05, 4.69) is 18.7 Å². The van der Waals surface area contributed by atoms with Crippen molar-refractivity contribution in [2.24, 2.45) is 5.73 Å². The Bertz CT molecular complexity index is 467. The second kappa shape index (κ2) is 7.11. The molecule has 2 N–H and O–H groups in total. The van der Waals surface area contributed by atoms with Crippen LogP contribution in [-0.4, -0.2) is 51.0 Å². The predicted molar refractivity (Wildman–Crippen MR) is 82.9 cm³/mol. The summed E-state index contributed by atoms with van der Waals surface area (Å²) in [6, 6.07) is 6.00. The summed E-state index contributed by atoms with van der Waals surface area (Å²) in [4.78, 5) is 2.37. The molecule has 0 spiro atoms. The molecule has 1 heterocycles. The van der Waals surface area contributed by atoms with Gasteiger partial charge in [-0.25, -0.2) is 0 Å². The highest BCUT2D eigenvalue weighted by molar-refractivity contribution is 5.42. The Morgan fingerprint density at radius 1 is 1.33 bits per heavy atom. The van der Waals surface area contributed by atoms with Crippen molar-refractivity contribution in [1.29, 1.82) is 0 Å². The number of nitrogens with zero attached hydrogens (tertiary/aromatic N) is 1. The van der Waals surface area contributed by atoms with E-state index in [0.29, 0.717) is 6.04 Å². The first-order chi connectivity index (χ1) is 10.0. The summed E-state index contributed by atoms with van der Waals surface area (Å²) >= 11 is 0. The van der Waals surface area contributed by atoms with E-state index in [4.69, 9.17) is 19.9 Å². The van der Waals surface area contributed by atoms with E-state index in [1.165, 1.54) is 0 Å². The fraction of sp³-hybridized carbons (Fsp3) is 0.625. The number of methoxy groups -OCH3 is 2. The lowest BCUT2D eigenvalue weighted by molar-refractivity contribution is -0.0510. The third-order valence-corrected chi connectivity index (χ3v) is 4.00. The Labute approximate surface area is 127 Å². The van der Waals surface area contributed by atoms with Gasteiger partial charge < -0.3 is 19.9 Å². The molecule has 3 atom stereocenters. The molecule has 1 aliphatic rings. The first-order valence-electron chi connectivity index (χ1n) is 7.38. The highest BCUT2D eigenvalue weighted by atomic mass is 16.5. The molecule has 1 aromatic rings. The average molecular weight is 294 g/mol. The maximum atomic E-state index is 6.42.